The molecule has 0 aliphatic heterocycles. The van der Waals surface area contributed by atoms with Crippen molar-refractivity contribution in [2.75, 3.05) is 20.3 Å². The van der Waals surface area contributed by atoms with Gasteiger partial charge in [-0.3, -0.25) is 0 Å². The lowest BCUT2D eigenvalue weighted by atomic mass is 9.92. The Kier molecular flexibility index (Phi) is 7.41. The maximum absolute atomic E-state index is 6.24. The number of methoxy groups -OCH3 is 1. The fourth-order valence-corrected chi connectivity index (χ4v) is 2.92. The van der Waals surface area contributed by atoms with Crippen LogP contribution in [0.15, 0.2) is 42.5 Å². The zero-order valence-electron chi connectivity index (χ0n) is 14.4. The van der Waals surface area contributed by atoms with Crippen LogP contribution in [-0.2, 0) is 6.42 Å². The largest absolute Gasteiger partial charge is 0.495 e. The van der Waals surface area contributed by atoms with Gasteiger partial charge in [0.05, 0.1) is 18.7 Å². The van der Waals surface area contributed by atoms with E-state index in [2.05, 4.69) is 19.1 Å². The Bertz CT molecular complexity index is 645. The fraction of sp³-hybridized carbons (Fsp3) is 0.400. The maximum Gasteiger partial charge on any atom is 0.137 e. The van der Waals surface area contributed by atoms with Crippen LogP contribution in [0.4, 0.5) is 0 Å². The van der Waals surface area contributed by atoms with Gasteiger partial charge >= 0.3 is 0 Å². The molecule has 3 nitrogen and oxygen atoms in total. The van der Waals surface area contributed by atoms with E-state index in [1.165, 1.54) is 5.56 Å². The van der Waals surface area contributed by atoms with Gasteiger partial charge in [-0.15, -0.1) is 0 Å². The van der Waals surface area contributed by atoms with Crippen molar-refractivity contribution < 1.29 is 9.47 Å². The van der Waals surface area contributed by atoms with Gasteiger partial charge in [-0.1, -0.05) is 43.1 Å². The highest BCUT2D eigenvalue weighted by molar-refractivity contribution is 6.32. The minimum absolute atomic E-state index is 0.208. The fourth-order valence-electron chi connectivity index (χ4n) is 2.65. The van der Waals surface area contributed by atoms with Gasteiger partial charge < -0.3 is 15.2 Å². The summed E-state index contributed by atoms with van der Waals surface area (Å²) in [6.07, 6.45) is 3.05. The van der Waals surface area contributed by atoms with E-state index in [-0.39, 0.29) is 5.92 Å². The van der Waals surface area contributed by atoms with Gasteiger partial charge in [0.15, 0.2) is 0 Å². The second-order valence-electron chi connectivity index (χ2n) is 5.88. The van der Waals surface area contributed by atoms with Crippen molar-refractivity contribution in [1.82, 2.24) is 0 Å². The quantitative estimate of drug-likeness (QED) is 0.662. The standard InChI is InChI=1S/C20H26ClNO2/c1-3-4-10-24-18-7-5-6-15(12-18)11-17(14-22)16-8-9-20(23-2)19(21)13-16/h5-9,12-13,17H,3-4,10-11,14,22H2,1-2H3. The molecule has 2 rings (SSSR count). The number of halogens is 1. The minimum atomic E-state index is 0.208. The van der Waals surface area contributed by atoms with E-state index in [9.17, 15) is 0 Å². The zero-order chi connectivity index (χ0) is 17.4. The van der Waals surface area contributed by atoms with Crippen LogP contribution in [0.1, 0.15) is 36.8 Å². The molecule has 0 saturated carbocycles. The molecule has 130 valence electrons. The van der Waals surface area contributed by atoms with Crippen molar-refractivity contribution in [1.29, 1.82) is 0 Å². The molecule has 0 aliphatic carbocycles. The van der Waals surface area contributed by atoms with Crippen LogP contribution in [0.25, 0.3) is 0 Å². The van der Waals surface area contributed by atoms with Crippen LogP contribution in [0.3, 0.4) is 0 Å². The second kappa shape index (κ2) is 9.55. The third kappa shape index (κ3) is 5.15. The summed E-state index contributed by atoms with van der Waals surface area (Å²) in [5, 5.41) is 0.616. The average Bonchev–Trinajstić information content (AvgIpc) is 2.60. The van der Waals surface area contributed by atoms with E-state index in [0.717, 1.165) is 37.2 Å². The molecular formula is C20H26ClNO2. The van der Waals surface area contributed by atoms with Crippen LogP contribution >= 0.6 is 11.6 Å². The van der Waals surface area contributed by atoms with Crippen molar-refractivity contribution in [2.45, 2.75) is 32.1 Å². The van der Waals surface area contributed by atoms with Crippen LogP contribution in [0.2, 0.25) is 5.02 Å². The summed E-state index contributed by atoms with van der Waals surface area (Å²) in [4.78, 5) is 0. The van der Waals surface area contributed by atoms with Crippen molar-refractivity contribution in [2.24, 2.45) is 5.73 Å². The second-order valence-corrected chi connectivity index (χ2v) is 6.29. The Labute approximate surface area is 149 Å². The first kappa shape index (κ1) is 18.6. The maximum atomic E-state index is 6.24. The highest BCUT2D eigenvalue weighted by atomic mass is 35.5. The molecule has 0 saturated heterocycles. The molecule has 4 heteroatoms. The smallest absolute Gasteiger partial charge is 0.137 e. The molecule has 0 aromatic heterocycles. The summed E-state index contributed by atoms with van der Waals surface area (Å²) in [5.41, 5.74) is 8.34. The van der Waals surface area contributed by atoms with Crippen molar-refractivity contribution in [3.05, 3.63) is 58.6 Å². The molecule has 2 N–H and O–H groups in total. The molecule has 1 unspecified atom stereocenters. The zero-order valence-corrected chi connectivity index (χ0v) is 15.2. The first-order valence-electron chi connectivity index (χ1n) is 8.43. The van der Waals surface area contributed by atoms with Gasteiger partial charge in [0.25, 0.3) is 0 Å². The molecule has 0 radical (unpaired) electrons. The Hall–Kier alpha value is -1.71. The molecule has 0 fully saturated rings. The summed E-state index contributed by atoms with van der Waals surface area (Å²) in [6.45, 7) is 3.48. The van der Waals surface area contributed by atoms with Crippen LogP contribution in [0, 0.1) is 0 Å². The van der Waals surface area contributed by atoms with E-state index in [0.29, 0.717) is 17.3 Å². The molecule has 2 aromatic carbocycles. The Morgan fingerprint density at radius 2 is 2.00 bits per heavy atom. The molecule has 1 atom stereocenters. The number of hydrogen-bond acceptors (Lipinski definition) is 3. The molecule has 0 aliphatic rings. The predicted octanol–water partition coefficient (Wildman–Crippen LogP) is 4.81. The highest BCUT2D eigenvalue weighted by Crippen LogP contribution is 2.30. The normalized spacial score (nSPS) is 12.0. The van der Waals surface area contributed by atoms with Crippen LogP contribution in [0.5, 0.6) is 11.5 Å². The highest BCUT2D eigenvalue weighted by Gasteiger charge is 2.13. The van der Waals surface area contributed by atoms with E-state index in [4.69, 9.17) is 26.8 Å². The summed E-state index contributed by atoms with van der Waals surface area (Å²) < 4.78 is 11.0. The summed E-state index contributed by atoms with van der Waals surface area (Å²) in [7, 11) is 1.62. The number of unbranched alkanes of at least 4 members (excludes halogenated alkanes) is 1. The summed E-state index contributed by atoms with van der Waals surface area (Å²) in [5.74, 6) is 1.81. The lowest BCUT2D eigenvalue weighted by Gasteiger charge is -2.17. The predicted molar refractivity (Wildman–Crippen MR) is 100 cm³/mol. The monoisotopic (exact) mass is 347 g/mol. The summed E-state index contributed by atoms with van der Waals surface area (Å²) >= 11 is 6.24. The van der Waals surface area contributed by atoms with Crippen molar-refractivity contribution in [3.8, 4) is 11.5 Å². The lowest BCUT2D eigenvalue weighted by Crippen LogP contribution is -2.15. The lowest BCUT2D eigenvalue weighted by molar-refractivity contribution is 0.309. The minimum Gasteiger partial charge on any atom is -0.495 e. The third-order valence-corrected chi connectivity index (χ3v) is 4.37. The first-order valence-corrected chi connectivity index (χ1v) is 8.81. The molecule has 0 spiro atoms. The van der Waals surface area contributed by atoms with E-state index in [1.807, 2.05) is 30.3 Å². The van der Waals surface area contributed by atoms with Crippen LogP contribution in [-0.4, -0.2) is 20.3 Å². The molecule has 24 heavy (non-hydrogen) atoms. The van der Waals surface area contributed by atoms with E-state index in [1.54, 1.807) is 7.11 Å². The topological polar surface area (TPSA) is 44.5 Å². The first-order chi connectivity index (χ1) is 11.7. The molecule has 0 amide bonds. The summed E-state index contributed by atoms with van der Waals surface area (Å²) in [6, 6.07) is 14.1. The van der Waals surface area contributed by atoms with Gasteiger partial charge in [-0.25, -0.2) is 0 Å². The van der Waals surface area contributed by atoms with Crippen LogP contribution < -0.4 is 15.2 Å². The van der Waals surface area contributed by atoms with Crippen molar-refractivity contribution >= 4 is 11.6 Å². The van der Waals surface area contributed by atoms with Gasteiger partial charge in [0, 0.05) is 5.92 Å². The van der Waals surface area contributed by atoms with E-state index >= 15 is 0 Å². The molecule has 2 aromatic rings. The van der Waals surface area contributed by atoms with Gasteiger partial charge in [-0.2, -0.15) is 0 Å². The van der Waals surface area contributed by atoms with Gasteiger partial charge in [0.2, 0.25) is 0 Å². The number of benzene rings is 2. The Balaban J connectivity index is 2.09. The Morgan fingerprint density at radius 1 is 1.17 bits per heavy atom. The van der Waals surface area contributed by atoms with Gasteiger partial charge in [0.1, 0.15) is 11.5 Å². The number of rotatable bonds is 9. The third-order valence-electron chi connectivity index (χ3n) is 4.08. The van der Waals surface area contributed by atoms with Gasteiger partial charge in [-0.05, 0) is 54.8 Å². The SMILES string of the molecule is CCCCOc1cccc(CC(CN)c2ccc(OC)c(Cl)c2)c1. The molecule has 0 heterocycles. The Morgan fingerprint density at radius 3 is 2.67 bits per heavy atom. The van der Waals surface area contributed by atoms with E-state index < -0.39 is 0 Å². The van der Waals surface area contributed by atoms with Crippen molar-refractivity contribution in [3.63, 3.8) is 0 Å². The molecule has 0 bridgehead atoms. The number of ether oxygens (including phenoxy) is 2. The molecular weight excluding hydrogens is 322 g/mol. The average molecular weight is 348 g/mol. The number of nitrogens with two attached hydrogens (primary N) is 1. The number of hydrogen-bond donors (Lipinski definition) is 1.